The Morgan fingerprint density at radius 3 is 2.10 bits per heavy atom. The van der Waals surface area contributed by atoms with E-state index in [1.54, 1.807) is 10.4 Å². The summed E-state index contributed by atoms with van der Waals surface area (Å²) >= 11 is 0. The number of aryl methyl sites for hydroxylation is 3. The van der Waals surface area contributed by atoms with Gasteiger partial charge in [0, 0.05) is 24.2 Å². The average Bonchev–Trinajstić information content (AvgIpc) is 2.72. The number of carbonyl (C=O) groups excluding carboxylic acids is 3. The number of nitrogens with zero attached hydrogens (tertiary/aromatic N) is 1. The second-order valence-corrected chi connectivity index (χ2v) is 7.86. The van der Waals surface area contributed by atoms with Crippen molar-refractivity contribution in [2.24, 2.45) is 0 Å². The van der Waals surface area contributed by atoms with Gasteiger partial charge in [-0.25, -0.2) is 5.48 Å². The van der Waals surface area contributed by atoms with Gasteiger partial charge in [-0.2, -0.15) is 0 Å². The van der Waals surface area contributed by atoms with Crippen LogP contribution in [0.3, 0.4) is 0 Å². The Hall–Kier alpha value is -3.19. The molecule has 0 radical (unpaired) electrons. The zero-order valence-electron chi connectivity index (χ0n) is 18.4. The van der Waals surface area contributed by atoms with E-state index in [1.165, 1.54) is 0 Å². The largest absolute Gasteiger partial charge is 0.329 e. The molecule has 2 aromatic carbocycles. The molecule has 2 rings (SSSR count). The number of hydrogen-bond donors (Lipinski definition) is 3. The first-order chi connectivity index (χ1) is 14.8. The van der Waals surface area contributed by atoms with Gasteiger partial charge in [0.25, 0.3) is 5.91 Å². The summed E-state index contributed by atoms with van der Waals surface area (Å²) in [5.41, 5.74) is 5.93. The van der Waals surface area contributed by atoms with E-state index < -0.39 is 5.91 Å². The Bertz CT molecular complexity index is 889. The van der Waals surface area contributed by atoms with Crippen LogP contribution in [0.15, 0.2) is 42.5 Å². The third-order valence-electron chi connectivity index (χ3n) is 4.88. The molecule has 0 unspecified atom stereocenters. The first-order valence-electron chi connectivity index (χ1n) is 10.5. The third-order valence-corrected chi connectivity index (χ3v) is 4.88. The number of nitrogens with one attached hydrogen (secondary N) is 2. The van der Waals surface area contributed by atoms with E-state index >= 15 is 0 Å². The number of anilines is 1. The van der Waals surface area contributed by atoms with Gasteiger partial charge < -0.3 is 10.2 Å². The number of rotatable bonds is 10. The van der Waals surface area contributed by atoms with Gasteiger partial charge in [-0.15, -0.1) is 0 Å². The van der Waals surface area contributed by atoms with Gasteiger partial charge in [0.05, 0.1) is 0 Å². The molecule has 166 valence electrons. The van der Waals surface area contributed by atoms with Crippen LogP contribution in [-0.2, 0) is 9.59 Å². The molecule has 0 aliphatic rings. The molecule has 0 atom stereocenters. The molecule has 0 aliphatic heterocycles. The van der Waals surface area contributed by atoms with Crippen molar-refractivity contribution in [2.45, 2.75) is 46.5 Å². The van der Waals surface area contributed by atoms with Crippen LogP contribution < -0.4 is 10.8 Å². The standard InChI is InChI=1S/C24H31N3O4/c1-17-8-10-21(11-9-17)25-23(29)16-27(12-6-4-5-7-22(28)26-31)24(30)20-14-18(2)13-19(3)15-20/h8-11,13-15,31H,4-7,12,16H2,1-3H3,(H,25,29)(H,26,28). The summed E-state index contributed by atoms with van der Waals surface area (Å²) in [5, 5.41) is 11.4. The maximum Gasteiger partial charge on any atom is 0.254 e. The molecule has 0 heterocycles. The SMILES string of the molecule is Cc1ccc(NC(=O)CN(CCCCCC(=O)NO)C(=O)c2cc(C)cc(C)c2)cc1. The average molecular weight is 426 g/mol. The topological polar surface area (TPSA) is 98.7 Å². The fraction of sp³-hybridized carbons (Fsp3) is 0.375. The van der Waals surface area contributed by atoms with Gasteiger partial charge in [-0.05, 0) is 57.9 Å². The number of hydrogen-bond acceptors (Lipinski definition) is 4. The van der Waals surface area contributed by atoms with Crippen molar-refractivity contribution in [1.82, 2.24) is 10.4 Å². The van der Waals surface area contributed by atoms with Gasteiger partial charge in [-0.3, -0.25) is 19.6 Å². The van der Waals surface area contributed by atoms with Crippen LogP contribution in [0.1, 0.15) is 52.7 Å². The molecule has 31 heavy (non-hydrogen) atoms. The highest BCUT2D eigenvalue weighted by Gasteiger charge is 2.19. The molecule has 0 aliphatic carbocycles. The summed E-state index contributed by atoms with van der Waals surface area (Å²) < 4.78 is 0. The van der Waals surface area contributed by atoms with E-state index in [4.69, 9.17) is 5.21 Å². The highest BCUT2D eigenvalue weighted by molar-refractivity contribution is 5.99. The lowest BCUT2D eigenvalue weighted by Gasteiger charge is -2.23. The second-order valence-electron chi connectivity index (χ2n) is 7.86. The summed E-state index contributed by atoms with van der Waals surface area (Å²) in [6.07, 6.45) is 2.15. The predicted molar refractivity (Wildman–Crippen MR) is 120 cm³/mol. The van der Waals surface area contributed by atoms with Crippen LogP contribution in [0.5, 0.6) is 0 Å². The lowest BCUT2D eigenvalue weighted by atomic mass is 10.1. The number of benzene rings is 2. The van der Waals surface area contributed by atoms with Gasteiger partial charge in [0.2, 0.25) is 11.8 Å². The minimum absolute atomic E-state index is 0.0587. The maximum atomic E-state index is 13.1. The summed E-state index contributed by atoms with van der Waals surface area (Å²) in [5.74, 6) is -0.888. The number of carbonyl (C=O) groups is 3. The molecule has 0 bridgehead atoms. The molecular weight excluding hydrogens is 394 g/mol. The van der Waals surface area contributed by atoms with Crippen molar-refractivity contribution in [1.29, 1.82) is 0 Å². The van der Waals surface area contributed by atoms with E-state index in [-0.39, 0.29) is 24.8 Å². The molecule has 0 aromatic heterocycles. The van der Waals surface area contributed by atoms with Crippen LogP contribution in [0.2, 0.25) is 0 Å². The molecule has 7 nitrogen and oxygen atoms in total. The van der Waals surface area contributed by atoms with Gasteiger partial charge >= 0.3 is 0 Å². The molecule has 3 amide bonds. The van der Waals surface area contributed by atoms with Crippen LogP contribution in [0.4, 0.5) is 5.69 Å². The van der Waals surface area contributed by atoms with Crippen molar-refractivity contribution in [3.05, 3.63) is 64.7 Å². The molecule has 3 N–H and O–H groups in total. The summed E-state index contributed by atoms with van der Waals surface area (Å²) in [6, 6.07) is 13.1. The lowest BCUT2D eigenvalue weighted by Crippen LogP contribution is -2.38. The van der Waals surface area contributed by atoms with E-state index in [9.17, 15) is 14.4 Å². The van der Waals surface area contributed by atoms with Crippen LogP contribution >= 0.6 is 0 Å². The summed E-state index contributed by atoms with van der Waals surface area (Å²) in [6.45, 7) is 6.18. The Morgan fingerprint density at radius 2 is 1.48 bits per heavy atom. The lowest BCUT2D eigenvalue weighted by molar-refractivity contribution is -0.129. The minimum atomic E-state index is -0.430. The fourth-order valence-corrected chi connectivity index (χ4v) is 3.36. The molecule has 0 spiro atoms. The molecule has 0 saturated carbocycles. The third kappa shape index (κ3) is 8.22. The van der Waals surface area contributed by atoms with Crippen molar-refractivity contribution in [3.63, 3.8) is 0 Å². The van der Waals surface area contributed by atoms with Gasteiger partial charge in [0.1, 0.15) is 6.54 Å². The first-order valence-corrected chi connectivity index (χ1v) is 10.5. The number of hydroxylamine groups is 1. The van der Waals surface area contributed by atoms with Gasteiger partial charge in [-0.1, -0.05) is 41.3 Å². The first kappa shape index (κ1) is 24.1. The smallest absolute Gasteiger partial charge is 0.254 e. The quantitative estimate of drug-likeness (QED) is 0.307. The summed E-state index contributed by atoms with van der Waals surface area (Å²) in [4.78, 5) is 38.4. The second kappa shape index (κ2) is 11.9. The molecule has 2 aromatic rings. The molecule has 0 fully saturated rings. The van der Waals surface area contributed by atoms with E-state index in [0.717, 1.165) is 16.7 Å². The molecule has 7 heteroatoms. The highest BCUT2D eigenvalue weighted by atomic mass is 16.5. The predicted octanol–water partition coefficient (Wildman–Crippen LogP) is 3.76. The minimum Gasteiger partial charge on any atom is -0.329 e. The number of unbranched alkanes of at least 4 members (excludes halogenated alkanes) is 2. The Balaban J connectivity index is 2.04. The Labute approximate surface area is 183 Å². The zero-order valence-corrected chi connectivity index (χ0v) is 18.4. The van der Waals surface area contributed by atoms with Gasteiger partial charge in [0.15, 0.2) is 0 Å². The molecule has 0 saturated heterocycles. The highest BCUT2D eigenvalue weighted by Crippen LogP contribution is 2.14. The van der Waals surface area contributed by atoms with Crippen LogP contribution in [0, 0.1) is 20.8 Å². The summed E-state index contributed by atoms with van der Waals surface area (Å²) in [7, 11) is 0. The van der Waals surface area contributed by atoms with Crippen molar-refractivity contribution >= 4 is 23.4 Å². The Morgan fingerprint density at radius 1 is 0.839 bits per heavy atom. The van der Waals surface area contributed by atoms with Crippen LogP contribution in [0.25, 0.3) is 0 Å². The van der Waals surface area contributed by atoms with Crippen molar-refractivity contribution in [2.75, 3.05) is 18.4 Å². The van der Waals surface area contributed by atoms with Crippen molar-refractivity contribution in [3.8, 4) is 0 Å². The molecular formula is C24H31N3O4. The van der Waals surface area contributed by atoms with Crippen LogP contribution in [-0.4, -0.2) is 40.9 Å². The number of amides is 3. The van der Waals surface area contributed by atoms with E-state index in [2.05, 4.69) is 5.32 Å². The fourth-order valence-electron chi connectivity index (χ4n) is 3.36. The normalized spacial score (nSPS) is 10.5. The Kier molecular flexibility index (Phi) is 9.21. The maximum absolute atomic E-state index is 13.1. The van der Waals surface area contributed by atoms with E-state index in [0.29, 0.717) is 37.1 Å². The van der Waals surface area contributed by atoms with Crippen molar-refractivity contribution < 1.29 is 19.6 Å². The zero-order chi connectivity index (χ0) is 22.8. The monoisotopic (exact) mass is 425 g/mol. The van der Waals surface area contributed by atoms with E-state index in [1.807, 2.05) is 63.2 Å².